The van der Waals surface area contributed by atoms with Crippen molar-refractivity contribution in [1.82, 2.24) is 9.47 Å². The van der Waals surface area contributed by atoms with Crippen molar-refractivity contribution < 1.29 is 18.8 Å². The summed E-state index contributed by atoms with van der Waals surface area (Å²) < 4.78 is 15.8. The van der Waals surface area contributed by atoms with Gasteiger partial charge in [-0.05, 0) is 79.7 Å². The average molecular weight is 484 g/mol. The Hall–Kier alpha value is -3.36. The lowest BCUT2D eigenvalue weighted by atomic mass is 10.2. The number of nitrogens with one attached hydrogen (secondary N) is 1. The molecule has 0 saturated carbocycles. The van der Waals surface area contributed by atoms with Gasteiger partial charge in [-0.25, -0.2) is 4.39 Å². The van der Waals surface area contributed by atoms with Crippen LogP contribution in [0.3, 0.4) is 0 Å². The van der Waals surface area contributed by atoms with Crippen molar-refractivity contribution >= 4 is 52.2 Å². The second-order valence-corrected chi connectivity index (χ2v) is 8.86. The van der Waals surface area contributed by atoms with E-state index in [1.165, 1.54) is 18.2 Å². The van der Waals surface area contributed by atoms with Gasteiger partial charge < -0.3 is 9.88 Å². The molecule has 0 aliphatic carbocycles. The molecule has 1 aliphatic heterocycles. The molecule has 1 fully saturated rings. The van der Waals surface area contributed by atoms with E-state index < -0.39 is 29.4 Å². The Kier molecular flexibility index (Phi) is 6.40. The van der Waals surface area contributed by atoms with E-state index in [9.17, 15) is 18.8 Å². The Labute approximate surface area is 199 Å². The zero-order chi connectivity index (χ0) is 23.7. The van der Waals surface area contributed by atoms with Crippen molar-refractivity contribution in [1.29, 1.82) is 0 Å². The van der Waals surface area contributed by atoms with E-state index in [2.05, 4.69) is 5.32 Å². The number of imide groups is 1. The molecular formula is C24H19ClFN3O3S. The second-order valence-electron chi connectivity index (χ2n) is 7.43. The molecule has 0 bridgehead atoms. The van der Waals surface area contributed by atoms with Gasteiger partial charge >= 0.3 is 0 Å². The number of hydrogen-bond acceptors (Lipinski definition) is 4. The van der Waals surface area contributed by atoms with E-state index in [1.807, 2.05) is 36.6 Å². The van der Waals surface area contributed by atoms with E-state index in [0.717, 1.165) is 39.3 Å². The molecule has 3 amide bonds. The van der Waals surface area contributed by atoms with Crippen LogP contribution in [0.4, 0.5) is 14.9 Å². The lowest BCUT2D eigenvalue weighted by Crippen LogP contribution is -2.36. The van der Waals surface area contributed by atoms with E-state index >= 15 is 0 Å². The van der Waals surface area contributed by atoms with E-state index in [-0.39, 0.29) is 10.6 Å². The Balaban J connectivity index is 1.53. The van der Waals surface area contributed by atoms with Crippen molar-refractivity contribution in [2.45, 2.75) is 13.8 Å². The fourth-order valence-electron chi connectivity index (χ4n) is 3.59. The van der Waals surface area contributed by atoms with Gasteiger partial charge in [0.05, 0.1) is 10.6 Å². The summed E-state index contributed by atoms with van der Waals surface area (Å²) in [6.45, 7) is 3.36. The van der Waals surface area contributed by atoms with E-state index in [0.29, 0.717) is 5.02 Å². The summed E-state index contributed by atoms with van der Waals surface area (Å²) in [6.07, 6.45) is 1.65. The first-order valence-electron chi connectivity index (χ1n) is 9.99. The highest BCUT2D eigenvalue weighted by Gasteiger charge is 2.36. The third kappa shape index (κ3) is 4.72. The maximum absolute atomic E-state index is 13.8. The smallest absolute Gasteiger partial charge is 0.294 e. The minimum Gasteiger partial charge on any atom is -0.322 e. The van der Waals surface area contributed by atoms with Gasteiger partial charge in [0.2, 0.25) is 5.91 Å². The molecule has 6 nitrogen and oxygen atoms in total. The SMILES string of the molecule is Cc1cc(/C=C2\SC(=O)N(CC(=O)Nc3ccccc3F)C2=O)c(C)n1-c1ccc(Cl)cc1. The van der Waals surface area contributed by atoms with E-state index in [4.69, 9.17) is 11.6 Å². The van der Waals surface area contributed by atoms with Gasteiger partial charge in [0, 0.05) is 22.1 Å². The Bertz CT molecular complexity index is 1300. The zero-order valence-electron chi connectivity index (χ0n) is 17.8. The summed E-state index contributed by atoms with van der Waals surface area (Å²) in [4.78, 5) is 38.6. The molecular weight excluding hydrogens is 465 g/mol. The van der Waals surface area contributed by atoms with Gasteiger partial charge in [0.25, 0.3) is 11.1 Å². The van der Waals surface area contributed by atoms with Crippen LogP contribution in [0.2, 0.25) is 5.02 Å². The molecule has 0 unspecified atom stereocenters. The molecule has 1 aromatic heterocycles. The zero-order valence-corrected chi connectivity index (χ0v) is 19.3. The summed E-state index contributed by atoms with van der Waals surface area (Å²) in [7, 11) is 0. The highest BCUT2D eigenvalue weighted by molar-refractivity contribution is 8.18. The number of carbonyl (C=O) groups excluding carboxylic acids is 3. The van der Waals surface area contributed by atoms with Crippen LogP contribution in [0.5, 0.6) is 0 Å². The first-order chi connectivity index (χ1) is 15.7. The van der Waals surface area contributed by atoms with Gasteiger partial charge in [-0.15, -0.1) is 0 Å². The van der Waals surface area contributed by atoms with Gasteiger partial charge in [-0.1, -0.05) is 23.7 Å². The molecule has 4 rings (SSSR count). The van der Waals surface area contributed by atoms with Crippen LogP contribution in [0, 0.1) is 19.7 Å². The number of anilines is 1. The van der Waals surface area contributed by atoms with Crippen LogP contribution in [0.25, 0.3) is 11.8 Å². The van der Waals surface area contributed by atoms with Crippen molar-refractivity contribution in [3.63, 3.8) is 0 Å². The largest absolute Gasteiger partial charge is 0.322 e. The summed E-state index contributed by atoms with van der Waals surface area (Å²) in [5.41, 5.74) is 3.53. The Morgan fingerprint density at radius 3 is 2.52 bits per heavy atom. The van der Waals surface area contributed by atoms with Gasteiger partial charge in [0.15, 0.2) is 0 Å². The standard InChI is InChI=1S/C24H19ClFN3O3S/c1-14-11-16(15(2)29(14)18-9-7-17(25)8-10-18)12-21-23(31)28(24(32)33-21)13-22(30)27-20-6-4-3-5-19(20)26/h3-12H,13H2,1-2H3,(H,27,30)/b21-12-. The minimum absolute atomic E-state index is 0.0142. The number of halogens is 2. The molecule has 1 aliphatic rings. The first-order valence-corrected chi connectivity index (χ1v) is 11.2. The highest BCUT2D eigenvalue weighted by Crippen LogP contribution is 2.34. The summed E-state index contributed by atoms with van der Waals surface area (Å²) >= 11 is 6.75. The fraction of sp³-hybridized carbons (Fsp3) is 0.125. The average Bonchev–Trinajstić information content (AvgIpc) is 3.20. The number of amides is 3. The molecule has 0 radical (unpaired) electrons. The molecule has 3 aromatic rings. The van der Waals surface area contributed by atoms with Gasteiger partial charge in [-0.3, -0.25) is 19.3 Å². The number of benzene rings is 2. The third-order valence-corrected chi connectivity index (χ3v) is 6.32. The predicted molar refractivity (Wildman–Crippen MR) is 128 cm³/mol. The molecule has 1 saturated heterocycles. The lowest BCUT2D eigenvalue weighted by molar-refractivity contribution is -0.127. The normalized spacial score (nSPS) is 14.9. The number of thioether (sulfide) groups is 1. The van der Waals surface area contributed by atoms with Gasteiger partial charge in [-0.2, -0.15) is 0 Å². The molecule has 2 aromatic carbocycles. The number of aryl methyl sites for hydroxylation is 1. The first kappa shape index (κ1) is 22.8. The summed E-state index contributed by atoms with van der Waals surface area (Å²) in [5, 5.41) is 2.46. The van der Waals surface area contributed by atoms with Crippen LogP contribution in [-0.4, -0.2) is 33.1 Å². The number of rotatable bonds is 5. The number of aromatic nitrogens is 1. The topological polar surface area (TPSA) is 71.4 Å². The minimum atomic E-state index is -0.662. The number of para-hydroxylation sites is 1. The maximum Gasteiger partial charge on any atom is 0.294 e. The summed E-state index contributed by atoms with van der Waals surface area (Å²) in [6, 6.07) is 15.0. The maximum atomic E-state index is 13.8. The second kappa shape index (κ2) is 9.25. The van der Waals surface area contributed by atoms with Crippen LogP contribution in [-0.2, 0) is 9.59 Å². The fourth-order valence-corrected chi connectivity index (χ4v) is 4.55. The number of hydrogen-bond donors (Lipinski definition) is 1. The van der Waals surface area contributed by atoms with Crippen molar-refractivity contribution in [3.05, 3.63) is 87.3 Å². The van der Waals surface area contributed by atoms with Crippen molar-refractivity contribution in [2.24, 2.45) is 0 Å². The monoisotopic (exact) mass is 483 g/mol. The summed E-state index contributed by atoms with van der Waals surface area (Å²) in [5.74, 6) is -1.83. The Morgan fingerprint density at radius 2 is 1.82 bits per heavy atom. The van der Waals surface area contributed by atoms with Gasteiger partial charge in [0.1, 0.15) is 12.4 Å². The third-order valence-electron chi connectivity index (χ3n) is 5.16. The molecule has 2 heterocycles. The van der Waals surface area contributed by atoms with Crippen LogP contribution in [0.15, 0.2) is 59.5 Å². The molecule has 9 heteroatoms. The Morgan fingerprint density at radius 1 is 1.12 bits per heavy atom. The quantitative estimate of drug-likeness (QED) is 0.482. The molecule has 33 heavy (non-hydrogen) atoms. The molecule has 168 valence electrons. The molecule has 0 spiro atoms. The van der Waals surface area contributed by atoms with Crippen molar-refractivity contribution in [3.8, 4) is 5.69 Å². The number of nitrogens with zero attached hydrogens (tertiary/aromatic N) is 2. The molecule has 0 atom stereocenters. The lowest BCUT2D eigenvalue weighted by Gasteiger charge is -2.12. The van der Waals surface area contributed by atoms with Crippen LogP contribution in [0.1, 0.15) is 17.0 Å². The number of carbonyl (C=O) groups is 3. The predicted octanol–water partition coefficient (Wildman–Crippen LogP) is 5.56. The van der Waals surface area contributed by atoms with Crippen LogP contribution >= 0.6 is 23.4 Å². The molecule has 1 N–H and O–H groups in total. The van der Waals surface area contributed by atoms with Crippen LogP contribution < -0.4 is 5.32 Å². The van der Waals surface area contributed by atoms with E-state index in [1.54, 1.807) is 24.3 Å². The highest BCUT2D eigenvalue weighted by atomic mass is 35.5. The van der Waals surface area contributed by atoms with Crippen molar-refractivity contribution in [2.75, 3.05) is 11.9 Å².